The molecule has 0 saturated carbocycles. The van der Waals surface area contributed by atoms with Gasteiger partial charge < -0.3 is 30.0 Å². The summed E-state index contributed by atoms with van der Waals surface area (Å²) >= 11 is 1.23. The van der Waals surface area contributed by atoms with Crippen LogP contribution in [-0.2, 0) is 19.2 Å². The predicted molar refractivity (Wildman–Crippen MR) is 87.2 cm³/mol. The molecule has 0 aliphatic carbocycles. The number of thioether (sulfide) groups is 1. The van der Waals surface area contributed by atoms with Gasteiger partial charge in [-0.3, -0.25) is 9.59 Å². The summed E-state index contributed by atoms with van der Waals surface area (Å²) < 4.78 is -0.786. The van der Waals surface area contributed by atoms with E-state index in [9.17, 15) is 29.4 Å². The molecule has 0 bridgehead atoms. The van der Waals surface area contributed by atoms with Crippen LogP contribution >= 0.6 is 11.8 Å². The fourth-order valence-corrected chi connectivity index (χ4v) is 5.02. The molecule has 1 N–H and O–H groups in total. The van der Waals surface area contributed by atoms with Crippen LogP contribution in [-0.4, -0.2) is 50.9 Å². The Morgan fingerprint density at radius 2 is 1.71 bits per heavy atom. The minimum atomic E-state index is -1.58. The molecule has 2 aliphatic heterocycles. The molecule has 2 amide bonds. The molecule has 2 heterocycles. The Bertz CT molecular complexity index is 791. The summed E-state index contributed by atoms with van der Waals surface area (Å²) in [5.74, 6) is -5.94. The number of nitrogens with zero attached hydrogens (tertiary/aromatic N) is 1. The van der Waals surface area contributed by atoms with E-state index in [-0.39, 0.29) is 64.7 Å². The second-order valence-electron chi connectivity index (χ2n) is 6.73. The number of carbonyl (C=O) groups is 4. The van der Waals surface area contributed by atoms with E-state index >= 15 is 0 Å². The number of nitrogens with one attached hydrogen (secondary N) is 1. The van der Waals surface area contributed by atoms with Gasteiger partial charge in [0.15, 0.2) is 0 Å². The number of benzene rings is 1. The zero-order valence-corrected chi connectivity index (χ0v) is 20.8. The van der Waals surface area contributed by atoms with E-state index < -0.39 is 51.9 Å². The summed E-state index contributed by atoms with van der Waals surface area (Å²) in [6.07, 6.45) is 0. The molecule has 11 heteroatoms. The quantitative estimate of drug-likeness (QED) is 0.283. The first kappa shape index (κ1) is 25.5. The Balaban J connectivity index is 0.00000196. The van der Waals surface area contributed by atoms with E-state index in [1.165, 1.54) is 28.8 Å². The van der Waals surface area contributed by atoms with E-state index in [1.807, 2.05) is 0 Å². The van der Waals surface area contributed by atoms with Crippen LogP contribution in [0.3, 0.4) is 0 Å². The van der Waals surface area contributed by atoms with Gasteiger partial charge in [-0.1, -0.05) is 30.3 Å². The molecule has 0 spiro atoms. The van der Waals surface area contributed by atoms with Gasteiger partial charge in [0.2, 0.25) is 11.8 Å². The molecule has 138 valence electrons. The Morgan fingerprint density at radius 1 is 1.14 bits per heavy atom. The van der Waals surface area contributed by atoms with Crippen LogP contribution in [0.4, 0.5) is 0 Å². The van der Waals surface area contributed by atoms with Gasteiger partial charge in [-0.15, -0.1) is 11.8 Å². The third-order valence-electron chi connectivity index (χ3n) is 4.59. The van der Waals surface area contributed by atoms with Crippen molar-refractivity contribution < 1.29 is 88.5 Å². The molecule has 28 heavy (non-hydrogen) atoms. The zero-order valence-electron chi connectivity index (χ0n) is 16.0. The van der Waals surface area contributed by atoms with Crippen molar-refractivity contribution in [1.82, 2.24) is 10.2 Å². The van der Waals surface area contributed by atoms with Gasteiger partial charge in [0, 0.05) is 4.75 Å². The minimum Gasteiger partial charge on any atom is -0.549 e. The molecule has 2 fully saturated rings. The summed E-state index contributed by atoms with van der Waals surface area (Å²) in [5.41, 5.74) is 0.237. The summed E-state index contributed by atoms with van der Waals surface area (Å²) in [7, 11) is 0. The molecule has 8 nitrogen and oxygen atoms in total. The number of hydrogen-bond acceptors (Lipinski definition) is 7. The molecular formula is C17H16N2Na2O6S. The molecule has 0 aromatic heterocycles. The molecule has 1 aromatic rings. The van der Waals surface area contributed by atoms with Gasteiger partial charge in [-0.05, 0) is 19.4 Å². The molecular weight excluding hydrogens is 406 g/mol. The van der Waals surface area contributed by atoms with E-state index in [1.54, 1.807) is 32.0 Å². The van der Waals surface area contributed by atoms with Gasteiger partial charge in [0.25, 0.3) is 0 Å². The predicted octanol–water partition coefficient (Wildman–Crippen LogP) is -8.17. The average Bonchev–Trinajstić information content (AvgIpc) is 2.82. The standard InChI is InChI=1S/C17H18N2O6S.2Na/c1-17(2)11(16(24)25)19-13(21)10(14(19)26-17)18-12(20)9(15(22)23)8-6-4-3-5-7-8;;/h3-7,9-11,14H,1-2H3,(H,18,20)(H,22,23)(H,24,25);;/q;2*+1/p-2/t9?,10-,11-,14+;;/m1../s1. The van der Waals surface area contributed by atoms with E-state index in [4.69, 9.17) is 0 Å². The Labute approximate surface area is 210 Å². The van der Waals surface area contributed by atoms with Gasteiger partial charge in [0.1, 0.15) is 17.3 Å². The monoisotopic (exact) mass is 422 g/mol. The first-order valence-corrected chi connectivity index (χ1v) is 8.80. The Kier molecular flexibility index (Phi) is 8.65. The first-order valence-electron chi connectivity index (χ1n) is 7.92. The molecule has 1 aromatic carbocycles. The number of hydrogen-bond donors (Lipinski definition) is 1. The van der Waals surface area contributed by atoms with Crippen molar-refractivity contribution in [3.63, 3.8) is 0 Å². The molecule has 1 unspecified atom stereocenters. The zero-order chi connectivity index (χ0) is 19.2. The number of aliphatic carboxylic acids is 2. The maximum Gasteiger partial charge on any atom is 1.00 e. The third kappa shape index (κ3) is 4.45. The second kappa shape index (κ2) is 9.51. The normalized spacial score (nSPS) is 25.3. The van der Waals surface area contributed by atoms with Crippen molar-refractivity contribution in [2.45, 2.75) is 42.0 Å². The van der Waals surface area contributed by atoms with E-state index in [2.05, 4.69) is 5.32 Å². The van der Waals surface area contributed by atoms with Gasteiger partial charge in [0.05, 0.1) is 18.0 Å². The summed E-state index contributed by atoms with van der Waals surface area (Å²) in [4.78, 5) is 48.8. The molecule has 4 atom stereocenters. The Morgan fingerprint density at radius 3 is 2.21 bits per heavy atom. The smallest absolute Gasteiger partial charge is 0.549 e. The molecule has 3 rings (SSSR count). The maximum absolute atomic E-state index is 12.5. The Hall–Kier alpha value is -0.550. The van der Waals surface area contributed by atoms with E-state index in [0.29, 0.717) is 0 Å². The minimum absolute atomic E-state index is 0. The van der Waals surface area contributed by atoms with Crippen LogP contribution in [0.5, 0.6) is 0 Å². The number of fused-ring (bicyclic) bond motifs is 1. The molecule has 0 radical (unpaired) electrons. The van der Waals surface area contributed by atoms with Gasteiger partial charge in [-0.25, -0.2) is 0 Å². The van der Waals surface area contributed by atoms with Crippen LogP contribution in [0.2, 0.25) is 0 Å². The SMILES string of the molecule is CC1(C)S[C@H]2[C@H](NC(=O)C(C(=O)[O-])c3ccccc3)C(=O)N2[C@@H]1C(=O)[O-].[Na+].[Na+]. The van der Waals surface area contributed by atoms with Gasteiger partial charge >= 0.3 is 59.1 Å². The van der Waals surface area contributed by atoms with E-state index in [0.717, 1.165) is 0 Å². The van der Waals surface area contributed by atoms with Crippen LogP contribution in [0, 0.1) is 0 Å². The van der Waals surface area contributed by atoms with Gasteiger partial charge in [-0.2, -0.15) is 0 Å². The third-order valence-corrected chi connectivity index (χ3v) is 6.16. The van der Waals surface area contributed by atoms with Crippen molar-refractivity contribution in [3.05, 3.63) is 35.9 Å². The van der Waals surface area contributed by atoms with Crippen molar-refractivity contribution in [1.29, 1.82) is 0 Å². The number of β-lactam (4-membered cyclic amide) rings is 1. The van der Waals surface area contributed by atoms with Crippen LogP contribution in [0.25, 0.3) is 0 Å². The number of carboxylic acid groups (broad SMARTS) is 2. The summed E-state index contributed by atoms with van der Waals surface area (Å²) in [5, 5.41) is 24.6. The average molecular weight is 422 g/mol. The van der Waals surface area contributed by atoms with Crippen LogP contribution < -0.4 is 74.6 Å². The van der Waals surface area contributed by atoms with Crippen molar-refractivity contribution in [2.24, 2.45) is 0 Å². The fourth-order valence-electron chi connectivity index (χ4n) is 3.40. The number of carboxylic acids is 2. The summed E-state index contributed by atoms with van der Waals surface area (Å²) in [6, 6.07) is 5.73. The van der Waals surface area contributed by atoms with Crippen LogP contribution in [0.15, 0.2) is 30.3 Å². The second-order valence-corrected chi connectivity index (χ2v) is 8.50. The van der Waals surface area contributed by atoms with Crippen molar-refractivity contribution >= 4 is 35.5 Å². The molecule has 2 aliphatic rings. The summed E-state index contributed by atoms with van der Waals surface area (Å²) in [6.45, 7) is 3.35. The largest absolute Gasteiger partial charge is 1.00 e. The molecule has 2 saturated heterocycles. The maximum atomic E-state index is 12.5. The van der Waals surface area contributed by atoms with Crippen LogP contribution in [0.1, 0.15) is 25.3 Å². The van der Waals surface area contributed by atoms with Crippen molar-refractivity contribution in [2.75, 3.05) is 0 Å². The number of rotatable bonds is 5. The number of carbonyl (C=O) groups excluding carboxylic acids is 4. The fraction of sp³-hybridized carbons (Fsp3) is 0.412. The first-order chi connectivity index (χ1) is 12.1. The topological polar surface area (TPSA) is 130 Å². The number of amides is 2. The van der Waals surface area contributed by atoms with Crippen molar-refractivity contribution in [3.8, 4) is 0 Å².